The van der Waals surface area contributed by atoms with Crippen molar-refractivity contribution in [3.63, 3.8) is 0 Å². The fourth-order valence-electron chi connectivity index (χ4n) is 2.82. The molecule has 3 aromatic carbocycles. The van der Waals surface area contributed by atoms with E-state index >= 15 is 0 Å². The molecular weight excluding hydrogens is 501 g/mol. The molecule has 3 aromatic rings. The minimum atomic E-state index is -4.11. The monoisotopic (exact) mass is 524 g/mol. The van der Waals surface area contributed by atoms with E-state index in [2.05, 4.69) is 7.54 Å². The summed E-state index contributed by atoms with van der Waals surface area (Å²) in [5, 5.41) is 0. The molecule has 3 rings (SSSR count). The van der Waals surface area contributed by atoms with E-state index in [-0.39, 0.29) is 14.7 Å². The van der Waals surface area contributed by atoms with E-state index in [1.54, 1.807) is 42.7 Å². The Balaban J connectivity index is 1.92. The lowest BCUT2D eigenvalue weighted by Gasteiger charge is -2.08. The van der Waals surface area contributed by atoms with E-state index in [0.29, 0.717) is 4.90 Å². The first-order valence-electron chi connectivity index (χ1n) is 9.66. The molecule has 0 radical (unpaired) electrons. The SMILES string of the molecule is Cc1ccc(S(=O)(=O)N=S(C)(=O)c2ccc(/S(C)=N/S(=O)(=O)c3ccc(C)cc3)cc2)cc1. The van der Waals surface area contributed by atoms with Crippen LogP contribution in [0, 0.1) is 13.8 Å². The number of sulfonamides is 2. The minimum absolute atomic E-state index is 0.0329. The number of hydrogen-bond donors (Lipinski definition) is 0. The summed E-state index contributed by atoms with van der Waals surface area (Å²) < 4.78 is 71.1. The molecule has 0 saturated carbocycles. The third-order valence-electron chi connectivity index (χ3n) is 4.69. The Kier molecular flexibility index (Phi) is 7.27. The van der Waals surface area contributed by atoms with Gasteiger partial charge in [-0.1, -0.05) is 46.1 Å². The van der Waals surface area contributed by atoms with Crippen LogP contribution in [0.2, 0.25) is 0 Å². The Hall–Kier alpha value is -2.34. The summed E-state index contributed by atoms with van der Waals surface area (Å²) in [6, 6.07) is 18.7. The van der Waals surface area contributed by atoms with Crippen molar-refractivity contribution in [2.45, 2.75) is 33.4 Å². The van der Waals surface area contributed by atoms with Crippen molar-refractivity contribution in [2.75, 3.05) is 12.5 Å². The van der Waals surface area contributed by atoms with Gasteiger partial charge in [0.05, 0.1) is 19.5 Å². The highest BCUT2D eigenvalue weighted by atomic mass is 32.3. The number of benzene rings is 3. The van der Waals surface area contributed by atoms with E-state index < -0.39 is 40.5 Å². The quantitative estimate of drug-likeness (QED) is 0.477. The molecule has 11 heteroatoms. The number of rotatable bonds is 6. The van der Waals surface area contributed by atoms with Gasteiger partial charge in [0.2, 0.25) is 0 Å². The van der Waals surface area contributed by atoms with Crippen LogP contribution in [0.1, 0.15) is 11.1 Å². The Bertz CT molecular complexity index is 1530. The molecule has 0 bridgehead atoms. The third kappa shape index (κ3) is 6.17. The van der Waals surface area contributed by atoms with Crippen LogP contribution < -0.4 is 0 Å². The molecule has 0 heterocycles. The van der Waals surface area contributed by atoms with E-state index in [4.69, 9.17) is 0 Å². The Morgan fingerprint density at radius 2 is 1.00 bits per heavy atom. The average Bonchev–Trinajstić information content (AvgIpc) is 2.73. The van der Waals surface area contributed by atoms with Crippen LogP contribution in [0.4, 0.5) is 0 Å². The molecule has 0 aliphatic carbocycles. The summed E-state index contributed by atoms with van der Waals surface area (Å²) in [4.78, 5) is 0.904. The highest BCUT2D eigenvalue weighted by Gasteiger charge is 2.18. The molecule has 0 N–H and O–H groups in total. The molecule has 2 atom stereocenters. The zero-order valence-electron chi connectivity index (χ0n) is 18.5. The van der Waals surface area contributed by atoms with E-state index in [9.17, 15) is 21.0 Å². The van der Waals surface area contributed by atoms with Gasteiger partial charge < -0.3 is 0 Å². The topological polar surface area (TPSA) is 110 Å². The maximum absolute atomic E-state index is 13.1. The second-order valence-corrected chi connectivity index (χ2v) is 15.0. The van der Waals surface area contributed by atoms with Gasteiger partial charge in [-0.2, -0.15) is 16.8 Å². The first-order chi connectivity index (χ1) is 15.3. The zero-order chi connectivity index (χ0) is 24.4. The van der Waals surface area contributed by atoms with Gasteiger partial charge in [-0.15, -0.1) is 7.54 Å². The van der Waals surface area contributed by atoms with Gasteiger partial charge in [-0.3, -0.25) is 0 Å². The van der Waals surface area contributed by atoms with Crippen molar-refractivity contribution in [3.8, 4) is 0 Å². The molecule has 0 fully saturated rings. The smallest absolute Gasteiger partial charge is 0.244 e. The molecular formula is C22H24N2O5S4. The second-order valence-electron chi connectivity index (χ2n) is 7.48. The van der Waals surface area contributed by atoms with Gasteiger partial charge in [-0.05, 0) is 68.6 Å². The Morgan fingerprint density at radius 1 is 0.606 bits per heavy atom. The maximum Gasteiger partial charge on any atom is 0.290 e. The molecule has 0 saturated heterocycles. The van der Waals surface area contributed by atoms with E-state index in [1.165, 1.54) is 42.7 Å². The fraction of sp³-hybridized carbons (Fsp3) is 0.182. The second kappa shape index (κ2) is 9.49. The van der Waals surface area contributed by atoms with Crippen LogP contribution in [0.25, 0.3) is 0 Å². The van der Waals surface area contributed by atoms with Crippen LogP contribution in [-0.2, 0) is 40.5 Å². The fourth-order valence-corrected chi connectivity index (χ4v) is 9.00. The molecule has 0 aliphatic heterocycles. The molecule has 0 amide bonds. The molecule has 2 unspecified atom stereocenters. The van der Waals surface area contributed by atoms with Crippen LogP contribution in [0.3, 0.4) is 0 Å². The first kappa shape index (κ1) is 25.3. The van der Waals surface area contributed by atoms with E-state index in [0.717, 1.165) is 11.1 Å². The summed E-state index contributed by atoms with van der Waals surface area (Å²) in [5.74, 6) is 0. The van der Waals surface area contributed by atoms with Crippen LogP contribution in [0.15, 0.2) is 99.9 Å². The highest BCUT2D eigenvalue weighted by molar-refractivity contribution is 8.03. The van der Waals surface area contributed by atoms with Gasteiger partial charge in [0.15, 0.2) is 0 Å². The molecule has 176 valence electrons. The normalized spacial score (nSPS) is 15.0. The molecule has 33 heavy (non-hydrogen) atoms. The lowest BCUT2D eigenvalue weighted by Crippen LogP contribution is -2.05. The predicted molar refractivity (Wildman–Crippen MR) is 132 cm³/mol. The van der Waals surface area contributed by atoms with Crippen molar-refractivity contribution < 1.29 is 21.0 Å². The largest absolute Gasteiger partial charge is 0.290 e. The van der Waals surface area contributed by atoms with Crippen LogP contribution in [-0.4, -0.2) is 33.6 Å². The van der Waals surface area contributed by atoms with Gasteiger partial charge in [-0.25, -0.2) is 4.21 Å². The summed E-state index contributed by atoms with van der Waals surface area (Å²) in [7, 11) is -12.2. The molecule has 0 aliphatic rings. The van der Waals surface area contributed by atoms with Crippen molar-refractivity contribution in [3.05, 3.63) is 83.9 Å². The first-order valence-corrected chi connectivity index (χ1v) is 16.1. The van der Waals surface area contributed by atoms with Gasteiger partial charge >= 0.3 is 0 Å². The van der Waals surface area contributed by atoms with Crippen molar-refractivity contribution in [2.24, 2.45) is 7.54 Å². The summed E-state index contributed by atoms with van der Waals surface area (Å²) >= 11 is 0. The lowest BCUT2D eigenvalue weighted by atomic mass is 10.2. The summed E-state index contributed by atoms with van der Waals surface area (Å²) in [5.41, 5.74) is 1.84. The van der Waals surface area contributed by atoms with Crippen LogP contribution in [0.5, 0.6) is 0 Å². The zero-order valence-corrected chi connectivity index (χ0v) is 21.8. The third-order valence-corrected chi connectivity index (χ3v) is 12.1. The minimum Gasteiger partial charge on any atom is -0.244 e. The summed E-state index contributed by atoms with van der Waals surface area (Å²) in [6.45, 7) is 3.70. The lowest BCUT2D eigenvalue weighted by molar-refractivity contribution is 0.596. The predicted octanol–water partition coefficient (Wildman–Crippen LogP) is 4.33. The molecule has 7 nitrogen and oxygen atoms in total. The van der Waals surface area contributed by atoms with Gasteiger partial charge in [0.1, 0.15) is 0 Å². The number of aryl methyl sites for hydroxylation is 2. The van der Waals surface area contributed by atoms with Crippen LogP contribution >= 0.6 is 0 Å². The van der Waals surface area contributed by atoms with Crippen molar-refractivity contribution in [1.82, 2.24) is 0 Å². The standard InChI is InChI=1S/C22H24N2O5S4/c1-17-5-11-21(12-6-17)32(26,27)23-30(3)19-9-15-20(16-10-19)31(4,25)24-33(28,29)22-13-7-18(2)8-14-22/h5-16H,1-4H3. The van der Waals surface area contributed by atoms with E-state index in [1.807, 2.05) is 13.8 Å². The average molecular weight is 525 g/mol. The number of nitrogens with zero attached hydrogens (tertiary/aromatic N) is 2. The van der Waals surface area contributed by atoms with Gasteiger partial charge in [0, 0.05) is 16.0 Å². The number of hydrogen-bond acceptors (Lipinski definition) is 5. The molecule has 0 spiro atoms. The Labute approximate surface area is 198 Å². The molecule has 0 aromatic heterocycles. The maximum atomic E-state index is 13.1. The van der Waals surface area contributed by atoms with Crippen molar-refractivity contribution >= 4 is 40.5 Å². The Morgan fingerprint density at radius 3 is 1.45 bits per heavy atom. The van der Waals surface area contributed by atoms with Crippen molar-refractivity contribution in [1.29, 1.82) is 0 Å². The highest BCUT2D eigenvalue weighted by Crippen LogP contribution is 2.22. The summed E-state index contributed by atoms with van der Waals surface area (Å²) in [6.07, 6.45) is 2.92. The van der Waals surface area contributed by atoms with Gasteiger partial charge in [0.25, 0.3) is 20.0 Å².